The van der Waals surface area contributed by atoms with Crippen LogP contribution in [0.25, 0.3) is 0 Å². The maximum atomic E-state index is 11.8. The second-order valence-electron chi connectivity index (χ2n) is 4.37. The van der Waals surface area contributed by atoms with Gasteiger partial charge < -0.3 is 20.3 Å². The van der Waals surface area contributed by atoms with Crippen molar-refractivity contribution in [2.24, 2.45) is 0 Å². The average Bonchev–Trinajstić information content (AvgIpc) is 2.44. The molecule has 0 aromatic heterocycles. The van der Waals surface area contributed by atoms with Crippen molar-refractivity contribution in [2.75, 3.05) is 46.3 Å². The summed E-state index contributed by atoms with van der Waals surface area (Å²) in [7, 11) is 2.95. The van der Waals surface area contributed by atoms with Gasteiger partial charge in [-0.3, -0.25) is 4.90 Å². The van der Waals surface area contributed by atoms with Gasteiger partial charge in [-0.05, 0) is 11.6 Å². The molecule has 0 bridgehead atoms. The van der Waals surface area contributed by atoms with Crippen molar-refractivity contribution in [1.29, 1.82) is 0 Å². The zero-order valence-corrected chi connectivity index (χ0v) is 12.0. The zero-order chi connectivity index (χ0) is 15.0. The smallest absolute Gasteiger partial charge is 0.340 e. The first-order valence-corrected chi connectivity index (χ1v) is 6.41. The summed E-state index contributed by atoms with van der Waals surface area (Å²) in [5, 5.41) is 9.09. The van der Waals surface area contributed by atoms with Crippen LogP contribution in [0.2, 0.25) is 0 Å². The summed E-state index contributed by atoms with van der Waals surface area (Å²) in [6.45, 7) is 2.25. The second kappa shape index (κ2) is 8.52. The quantitative estimate of drug-likeness (QED) is 0.533. The number of anilines is 1. The number of hydrogen-bond donors (Lipinski definition) is 2. The Kier molecular flexibility index (Phi) is 7.00. The van der Waals surface area contributed by atoms with Gasteiger partial charge in [0.25, 0.3) is 0 Å². The van der Waals surface area contributed by atoms with Crippen LogP contribution < -0.4 is 5.73 Å². The van der Waals surface area contributed by atoms with Gasteiger partial charge in [-0.15, -0.1) is 0 Å². The monoisotopic (exact) mass is 282 g/mol. The van der Waals surface area contributed by atoms with E-state index in [2.05, 4.69) is 0 Å². The molecule has 0 spiro atoms. The van der Waals surface area contributed by atoms with Gasteiger partial charge in [0.15, 0.2) is 0 Å². The minimum absolute atomic E-state index is 0.0413. The summed E-state index contributed by atoms with van der Waals surface area (Å²) >= 11 is 0. The van der Waals surface area contributed by atoms with E-state index in [1.807, 2.05) is 11.0 Å². The topological polar surface area (TPSA) is 85.0 Å². The first-order chi connectivity index (χ1) is 9.63. The highest BCUT2D eigenvalue weighted by Gasteiger charge is 2.17. The van der Waals surface area contributed by atoms with Crippen molar-refractivity contribution in [2.45, 2.75) is 6.54 Å². The number of hydrogen-bond acceptors (Lipinski definition) is 6. The van der Waals surface area contributed by atoms with Crippen molar-refractivity contribution in [3.05, 3.63) is 29.3 Å². The van der Waals surface area contributed by atoms with Crippen LogP contribution in [0.4, 0.5) is 5.69 Å². The van der Waals surface area contributed by atoms with Crippen LogP contribution in [-0.4, -0.2) is 56.5 Å². The number of carbonyl (C=O) groups is 1. The minimum Gasteiger partial charge on any atom is -0.465 e. The molecule has 1 aromatic rings. The molecule has 20 heavy (non-hydrogen) atoms. The van der Waals surface area contributed by atoms with E-state index in [1.54, 1.807) is 19.2 Å². The Balaban J connectivity index is 2.93. The lowest BCUT2D eigenvalue weighted by atomic mass is 10.0. The fraction of sp³-hybridized carbons (Fsp3) is 0.500. The van der Waals surface area contributed by atoms with Crippen LogP contribution in [-0.2, 0) is 16.0 Å². The maximum absolute atomic E-state index is 11.8. The number of nitrogens with two attached hydrogens (primary N) is 1. The lowest BCUT2D eigenvalue weighted by Crippen LogP contribution is -2.30. The lowest BCUT2D eigenvalue weighted by molar-refractivity contribution is 0.0599. The molecule has 0 atom stereocenters. The molecular formula is C14H22N2O4. The molecule has 0 fully saturated rings. The Labute approximate surface area is 119 Å². The normalized spacial score (nSPS) is 10.8. The largest absolute Gasteiger partial charge is 0.465 e. The summed E-state index contributed by atoms with van der Waals surface area (Å²) < 4.78 is 9.81. The van der Waals surface area contributed by atoms with E-state index < -0.39 is 5.97 Å². The van der Waals surface area contributed by atoms with Crippen molar-refractivity contribution in [1.82, 2.24) is 4.90 Å². The van der Waals surface area contributed by atoms with E-state index in [4.69, 9.17) is 20.3 Å². The number of rotatable bonds is 8. The van der Waals surface area contributed by atoms with Crippen molar-refractivity contribution < 1.29 is 19.4 Å². The van der Waals surface area contributed by atoms with Crippen LogP contribution in [0.15, 0.2) is 18.2 Å². The number of nitrogen functional groups attached to an aromatic ring is 1. The first-order valence-electron chi connectivity index (χ1n) is 6.41. The highest BCUT2D eigenvalue weighted by atomic mass is 16.5. The second-order valence-corrected chi connectivity index (χ2v) is 4.37. The summed E-state index contributed by atoms with van der Waals surface area (Å²) in [5.74, 6) is -0.450. The molecule has 0 aliphatic carbocycles. The maximum Gasteiger partial charge on any atom is 0.340 e. The third kappa shape index (κ3) is 4.48. The average molecular weight is 282 g/mol. The van der Waals surface area contributed by atoms with Gasteiger partial charge in [0.05, 0.1) is 25.9 Å². The van der Waals surface area contributed by atoms with Crippen LogP contribution >= 0.6 is 0 Å². The predicted octanol–water partition coefficient (Wildman–Crippen LogP) is 0.496. The third-order valence-electron chi connectivity index (χ3n) is 2.99. The molecular weight excluding hydrogens is 260 g/mol. The molecule has 0 radical (unpaired) electrons. The zero-order valence-electron chi connectivity index (χ0n) is 12.0. The highest BCUT2D eigenvalue weighted by molar-refractivity contribution is 5.96. The third-order valence-corrected chi connectivity index (χ3v) is 2.99. The SMILES string of the molecule is COCCN(CCO)Cc1cccc(N)c1C(=O)OC. The van der Waals surface area contributed by atoms with Gasteiger partial charge in [-0.25, -0.2) is 4.79 Å². The van der Waals surface area contributed by atoms with E-state index in [0.717, 1.165) is 5.56 Å². The fourth-order valence-corrected chi connectivity index (χ4v) is 1.98. The molecule has 6 heteroatoms. The molecule has 0 unspecified atom stereocenters. The Morgan fingerprint density at radius 2 is 2.10 bits per heavy atom. The molecule has 1 aromatic carbocycles. The Hall–Kier alpha value is -1.63. The molecule has 112 valence electrons. The predicted molar refractivity (Wildman–Crippen MR) is 76.4 cm³/mol. The summed E-state index contributed by atoms with van der Waals surface area (Å²) in [6, 6.07) is 5.30. The van der Waals surface area contributed by atoms with Gasteiger partial charge in [0, 0.05) is 32.4 Å². The number of aliphatic hydroxyl groups is 1. The number of carbonyl (C=O) groups excluding carboxylic acids is 1. The molecule has 1 rings (SSSR count). The number of methoxy groups -OCH3 is 2. The number of ether oxygens (including phenoxy) is 2. The number of esters is 1. The first kappa shape index (κ1) is 16.4. The molecule has 0 heterocycles. The van der Waals surface area contributed by atoms with Crippen molar-refractivity contribution >= 4 is 11.7 Å². The Morgan fingerprint density at radius 3 is 2.70 bits per heavy atom. The van der Waals surface area contributed by atoms with Gasteiger partial charge in [0.1, 0.15) is 0 Å². The molecule has 0 aliphatic heterocycles. The van der Waals surface area contributed by atoms with Crippen molar-refractivity contribution in [3.63, 3.8) is 0 Å². The molecule has 0 aliphatic rings. The number of benzene rings is 1. The standard InChI is InChI=1S/C14H22N2O4/c1-19-9-7-16(6-8-17)10-11-4-3-5-12(15)13(11)14(18)20-2/h3-5,17H,6-10,15H2,1-2H3. The van der Waals surface area contributed by atoms with Gasteiger partial charge in [-0.2, -0.15) is 0 Å². The summed E-state index contributed by atoms with van der Waals surface area (Å²) in [4.78, 5) is 13.8. The molecule has 3 N–H and O–H groups in total. The van der Waals surface area contributed by atoms with Gasteiger partial charge in [-0.1, -0.05) is 12.1 Å². The van der Waals surface area contributed by atoms with E-state index in [1.165, 1.54) is 7.11 Å². The minimum atomic E-state index is -0.450. The van der Waals surface area contributed by atoms with Crippen molar-refractivity contribution in [3.8, 4) is 0 Å². The fourth-order valence-electron chi connectivity index (χ4n) is 1.98. The highest BCUT2D eigenvalue weighted by Crippen LogP contribution is 2.19. The Morgan fingerprint density at radius 1 is 1.35 bits per heavy atom. The summed E-state index contributed by atoms with van der Waals surface area (Å²) in [6.07, 6.45) is 0. The van der Waals surface area contributed by atoms with Crippen LogP contribution in [0.3, 0.4) is 0 Å². The van der Waals surface area contributed by atoms with E-state index in [9.17, 15) is 4.79 Å². The van der Waals surface area contributed by atoms with Gasteiger partial charge in [0.2, 0.25) is 0 Å². The Bertz CT molecular complexity index is 437. The number of nitrogens with zero attached hydrogens (tertiary/aromatic N) is 1. The molecule has 0 saturated carbocycles. The van der Waals surface area contributed by atoms with Gasteiger partial charge >= 0.3 is 5.97 Å². The molecule has 6 nitrogen and oxygen atoms in total. The van der Waals surface area contributed by atoms with Crippen LogP contribution in [0.1, 0.15) is 15.9 Å². The number of aliphatic hydroxyl groups excluding tert-OH is 1. The van der Waals surface area contributed by atoms with Crippen LogP contribution in [0.5, 0.6) is 0 Å². The van der Waals surface area contributed by atoms with Crippen LogP contribution in [0, 0.1) is 0 Å². The molecule has 0 saturated heterocycles. The van der Waals surface area contributed by atoms with E-state index in [0.29, 0.717) is 37.5 Å². The summed E-state index contributed by atoms with van der Waals surface area (Å²) in [5.41, 5.74) is 7.41. The van der Waals surface area contributed by atoms with E-state index in [-0.39, 0.29) is 6.61 Å². The van der Waals surface area contributed by atoms with E-state index >= 15 is 0 Å². The molecule has 0 amide bonds. The lowest BCUT2D eigenvalue weighted by Gasteiger charge is -2.22.